The maximum absolute atomic E-state index is 12.7. The number of benzene rings is 1. The van der Waals surface area contributed by atoms with Crippen LogP contribution < -0.4 is 0 Å². The molecular formula is C12H6F3NO2S. The Morgan fingerprint density at radius 1 is 1.00 bits per heavy atom. The number of hydrogen-bond acceptors (Lipinski definition) is 3. The zero-order valence-corrected chi connectivity index (χ0v) is 10.1. The van der Waals surface area contributed by atoms with Gasteiger partial charge in [0.05, 0.1) is 10.6 Å². The minimum atomic E-state index is -5.38. The van der Waals surface area contributed by atoms with Crippen molar-refractivity contribution in [2.45, 2.75) is 10.4 Å². The predicted molar refractivity (Wildman–Crippen MR) is 61.9 cm³/mol. The molecule has 7 heteroatoms. The lowest BCUT2D eigenvalue weighted by Gasteiger charge is -2.17. The minimum Gasteiger partial charge on any atom is -0.256 e. The van der Waals surface area contributed by atoms with Crippen LogP contribution in [0.1, 0.15) is 0 Å². The summed E-state index contributed by atoms with van der Waals surface area (Å²) in [6, 6.07) is 7.17. The quantitative estimate of drug-likeness (QED) is 0.690. The van der Waals surface area contributed by atoms with Crippen molar-refractivity contribution in [2.75, 3.05) is 0 Å². The summed E-state index contributed by atoms with van der Waals surface area (Å²) in [5.74, 6) is 0. The molecule has 19 heavy (non-hydrogen) atoms. The molecule has 1 aromatic heterocycles. The summed E-state index contributed by atoms with van der Waals surface area (Å²) in [5.41, 5.74) is -4.18. The molecule has 3 nitrogen and oxygen atoms in total. The zero-order chi connectivity index (χ0) is 13.8. The lowest BCUT2D eigenvalue weighted by Crippen LogP contribution is -2.24. The Balaban J connectivity index is 2.37. The van der Waals surface area contributed by atoms with Crippen LogP contribution in [0.25, 0.3) is 22.4 Å². The van der Waals surface area contributed by atoms with E-state index in [1.54, 1.807) is 12.1 Å². The standard InChI is InChI=1S/C12H6F3NO2S/c13-12(14,15)19(17,18)11-5-7-1-3-9(11)10-4-2-8(7)6-16-10/h1-6H. The highest BCUT2D eigenvalue weighted by Gasteiger charge is 2.48. The molecule has 98 valence electrons. The Hall–Kier alpha value is -1.89. The second-order valence-electron chi connectivity index (χ2n) is 4.09. The normalized spacial score (nSPS) is 13.4. The van der Waals surface area contributed by atoms with E-state index in [1.165, 1.54) is 18.3 Å². The Morgan fingerprint density at radius 2 is 1.68 bits per heavy atom. The average Bonchev–Trinajstić information content (AvgIpc) is 2.32. The van der Waals surface area contributed by atoms with Crippen molar-refractivity contribution in [1.82, 2.24) is 4.98 Å². The molecule has 2 aliphatic carbocycles. The molecule has 0 spiro atoms. The van der Waals surface area contributed by atoms with Crippen LogP contribution in [0.15, 0.2) is 41.4 Å². The van der Waals surface area contributed by atoms with Gasteiger partial charge in [-0.3, -0.25) is 4.98 Å². The summed E-state index contributed by atoms with van der Waals surface area (Å²) in [6.07, 6.45) is 1.50. The zero-order valence-electron chi connectivity index (χ0n) is 9.27. The van der Waals surface area contributed by atoms with Crippen molar-refractivity contribution in [3.05, 3.63) is 36.5 Å². The van der Waals surface area contributed by atoms with Crippen molar-refractivity contribution in [3.63, 3.8) is 0 Å². The van der Waals surface area contributed by atoms with Crippen LogP contribution in [0.4, 0.5) is 13.2 Å². The average molecular weight is 285 g/mol. The Labute approximate surface area is 106 Å². The highest BCUT2D eigenvalue weighted by molar-refractivity contribution is 7.92. The van der Waals surface area contributed by atoms with Gasteiger partial charge in [0.2, 0.25) is 0 Å². The fourth-order valence-corrected chi connectivity index (χ4v) is 2.98. The third-order valence-electron chi connectivity index (χ3n) is 2.95. The molecule has 6 rings (SSSR count). The van der Waals surface area contributed by atoms with E-state index in [2.05, 4.69) is 4.98 Å². The van der Waals surface area contributed by atoms with Crippen LogP contribution in [0, 0.1) is 0 Å². The van der Waals surface area contributed by atoms with E-state index in [9.17, 15) is 21.6 Å². The SMILES string of the molecule is O=S(=O)(c1cc2ccc1-c1ccc-2cn1)C(F)(F)F. The minimum absolute atomic E-state index is 0.0349. The molecule has 0 amide bonds. The summed E-state index contributed by atoms with van der Waals surface area (Å²) in [6.45, 7) is 0. The molecule has 0 N–H and O–H groups in total. The van der Waals surface area contributed by atoms with Crippen molar-refractivity contribution in [1.29, 1.82) is 0 Å². The summed E-state index contributed by atoms with van der Waals surface area (Å²) in [7, 11) is -5.38. The van der Waals surface area contributed by atoms with Gasteiger partial charge in [-0.1, -0.05) is 18.2 Å². The van der Waals surface area contributed by atoms with Crippen LogP contribution >= 0.6 is 0 Å². The van der Waals surface area contributed by atoms with Gasteiger partial charge in [-0.15, -0.1) is 0 Å². The van der Waals surface area contributed by atoms with Gasteiger partial charge in [-0.25, -0.2) is 8.42 Å². The summed E-state index contributed by atoms with van der Waals surface area (Å²) < 4.78 is 61.2. The van der Waals surface area contributed by atoms with Gasteiger partial charge in [-0.2, -0.15) is 13.2 Å². The number of hydrogen-bond donors (Lipinski definition) is 0. The van der Waals surface area contributed by atoms with Gasteiger partial charge in [-0.05, 0) is 17.7 Å². The molecule has 2 aromatic rings. The molecule has 0 radical (unpaired) electrons. The fraction of sp³-hybridized carbons (Fsp3) is 0.0833. The van der Waals surface area contributed by atoms with Crippen LogP contribution in [0.5, 0.6) is 0 Å². The van der Waals surface area contributed by atoms with Crippen LogP contribution in [0.2, 0.25) is 0 Å². The highest BCUT2D eigenvalue weighted by Crippen LogP contribution is 2.39. The molecule has 1 aromatic carbocycles. The van der Waals surface area contributed by atoms with E-state index in [4.69, 9.17) is 0 Å². The second kappa shape index (κ2) is 3.57. The third-order valence-corrected chi connectivity index (χ3v) is 4.47. The van der Waals surface area contributed by atoms with Crippen molar-refractivity contribution < 1.29 is 21.6 Å². The lowest BCUT2D eigenvalue weighted by molar-refractivity contribution is -0.0435. The molecule has 0 unspecified atom stereocenters. The smallest absolute Gasteiger partial charge is 0.256 e. The van der Waals surface area contributed by atoms with Gasteiger partial charge in [0.25, 0.3) is 9.84 Å². The van der Waals surface area contributed by atoms with Gasteiger partial charge < -0.3 is 0 Å². The first-order chi connectivity index (χ1) is 8.80. The monoisotopic (exact) mass is 285 g/mol. The Morgan fingerprint density at radius 3 is 2.26 bits per heavy atom. The summed E-state index contributed by atoms with van der Waals surface area (Å²) in [4.78, 5) is 3.22. The number of pyridine rings is 1. The molecule has 4 aliphatic rings. The number of sulfone groups is 1. The van der Waals surface area contributed by atoms with Gasteiger partial charge >= 0.3 is 5.51 Å². The molecule has 0 fully saturated rings. The molecule has 0 saturated heterocycles. The molecule has 4 bridgehead atoms. The van der Waals surface area contributed by atoms with E-state index < -0.39 is 20.2 Å². The van der Waals surface area contributed by atoms with Gasteiger partial charge in [0, 0.05) is 17.3 Å². The fourth-order valence-electron chi connectivity index (χ4n) is 1.98. The molecule has 0 saturated carbocycles. The number of rotatable bonds is 1. The number of halogens is 3. The third kappa shape index (κ3) is 1.65. The highest BCUT2D eigenvalue weighted by atomic mass is 32.2. The number of alkyl halides is 3. The molecule has 3 heterocycles. The maximum Gasteiger partial charge on any atom is 0.501 e. The van der Waals surface area contributed by atoms with E-state index in [0.29, 0.717) is 11.1 Å². The first-order valence-electron chi connectivity index (χ1n) is 5.23. The van der Waals surface area contributed by atoms with E-state index in [-0.39, 0.29) is 11.3 Å². The van der Waals surface area contributed by atoms with Crippen molar-refractivity contribution in [3.8, 4) is 22.4 Å². The van der Waals surface area contributed by atoms with Crippen LogP contribution in [-0.4, -0.2) is 18.9 Å². The molecular weight excluding hydrogens is 279 g/mol. The van der Waals surface area contributed by atoms with Crippen molar-refractivity contribution in [2.24, 2.45) is 0 Å². The lowest BCUT2D eigenvalue weighted by atomic mass is 9.99. The topological polar surface area (TPSA) is 47.0 Å². The first-order valence-corrected chi connectivity index (χ1v) is 6.71. The summed E-state index contributed by atoms with van der Waals surface area (Å²) in [5, 5.41) is 0. The van der Waals surface area contributed by atoms with Gasteiger partial charge in [0.15, 0.2) is 0 Å². The van der Waals surface area contributed by atoms with Crippen LogP contribution in [0.3, 0.4) is 0 Å². The van der Waals surface area contributed by atoms with Crippen molar-refractivity contribution >= 4 is 9.84 Å². The molecule has 2 aliphatic heterocycles. The summed E-state index contributed by atoms with van der Waals surface area (Å²) >= 11 is 0. The Bertz CT molecular complexity index is 765. The largest absolute Gasteiger partial charge is 0.501 e. The Kier molecular flexibility index (Phi) is 2.28. The molecule has 0 atom stereocenters. The van der Waals surface area contributed by atoms with E-state index in [1.807, 2.05) is 0 Å². The second-order valence-corrected chi connectivity index (χ2v) is 6.00. The maximum atomic E-state index is 12.7. The van der Waals surface area contributed by atoms with E-state index in [0.717, 1.165) is 6.07 Å². The first kappa shape index (κ1) is 12.2. The number of nitrogens with zero attached hydrogens (tertiary/aromatic N) is 1. The van der Waals surface area contributed by atoms with E-state index >= 15 is 0 Å². The number of aromatic nitrogens is 1. The van der Waals surface area contributed by atoms with Gasteiger partial charge in [0.1, 0.15) is 0 Å². The predicted octanol–water partition coefficient (Wildman–Crippen LogP) is 3.02. The van der Waals surface area contributed by atoms with Crippen LogP contribution in [-0.2, 0) is 9.84 Å².